The highest BCUT2D eigenvalue weighted by atomic mass is 35.5. The van der Waals surface area contributed by atoms with E-state index in [0.29, 0.717) is 32.5 Å². The van der Waals surface area contributed by atoms with Crippen LogP contribution >= 0.6 is 34.5 Å². The predicted octanol–water partition coefficient (Wildman–Crippen LogP) is 4.44. The highest BCUT2D eigenvalue weighted by molar-refractivity contribution is 7.16. The van der Waals surface area contributed by atoms with Gasteiger partial charge in [0, 0.05) is 5.56 Å². The molecule has 4 nitrogen and oxygen atoms in total. The van der Waals surface area contributed by atoms with Gasteiger partial charge in [-0.3, -0.25) is 4.79 Å². The maximum Gasteiger partial charge on any atom is 0.255 e. The first-order valence-corrected chi connectivity index (χ1v) is 7.58. The topological polar surface area (TPSA) is 68.0 Å². The first-order chi connectivity index (χ1) is 10.1. The number of hydrogen-bond donors (Lipinski definition) is 2. The van der Waals surface area contributed by atoms with Crippen LogP contribution in [0.5, 0.6) is 0 Å². The Balaban J connectivity index is 1.98. The lowest BCUT2D eigenvalue weighted by atomic mass is 10.2. The molecule has 0 fully saturated rings. The van der Waals surface area contributed by atoms with Gasteiger partial charge in [-0.05, 0) is 30.3 Å². The van der Waals surface area contributed by atoms with Crippen molar-refractivity contribution in [3.63, 3.8) is 0 Å². The van der Waals surface area contributed by atoms with Gasteiger partial charge in [0.2, 0.25) is 0 Å². The van der Waals surface area contributed by atoms with Gasteiger partial charge in [-0.1, -0.05) is 23.2 Å². The molecule has 3 N–H and O–H groups in total. The van der Waals surface area contributed by atoms with Gasteiger partial charge in [0.15, 0.2) is 0 Å². The van der Waals surface area contributed by atoms with Gasteiger partial charge in [-0.25, -0.2) is 4.98 Å². The Bertz CT molecular complexity index is 847. The van der Waals surface area contributed by atoms with Crippen molar-refractivity contribution >= 4 is 62.0 Å². The number of nitrogens with one attached hydrogen (secondary N) is 1. The zero-order chi connectivity index (χ0) is 15.0. The van der Waals surface area contributed by atoms with Crippen LogP contribution in [-0.2, 0) is 0 Å². The van der Waals surface area contributed by atoms with Gasteiger partial charge < -0.3 is 11.1 Å². The molecule has 0 spiro atoms. The van der Waals surface area contributed by atoms with Gasteiger partial charge in [-0.2, -0.15) is 0 Å². The SMILES string of the molecule is Nc1ccc(C(=O)Nc2c(Cl)ccc3scnc23)cc1Cl. The van der Waals surface area contributed by atoms with Crippen LogP contribution in [0.4, 0.5) is 11.4 Å². The Labute approximate surface area is 134 Å². The average molecular weight is 338 g/mol. The second-order valence-corrected chi connectivity index (χ2v) is 6.01. The second kappa shape index (κ2) is 5.52. The minimum absolute atomic E-state index is 0.320. The Morgan fingerprint density at radius 1 is 1.19 bits per heavy atom. The fourth-order valence-corrected chi connectivity index (χ4v) is 2.94. The lowest BCUT2D eigenvalue weighted by Crippen LogP contribution is -2.12. The third kappa shape index (κ3) is 2.68. The molecule has 0 aliphatic heterocycles. The zero-order valence-electron chi connectivity index (χ0n) is 10.6. The summed E-state index contributed by atoms with van der Waals surface area (Å²) >= 11 is 13.6. The second-order valence-electron chi connectivity index (χ2n) is 4.31. The summed E-state index contributed by atoms with van der Waals surface area (Å²) in [5.41, 5.74) is 9.32. The van der Waals surface area contributed by atoms with E-state index in [1.165, 1.54) is 17.4 Å². The van der Waals surface area contributed by atoms with E-state index < -0.39 is 0 Å². The molecule has 106 valence electrons. The van der Waals surface area contributed by atoms with Crippen molar-refractivity contribution < 1.29 is 4.79 Å². The molecule has 0 aliphatic carbocycles. The van der Waals surface area contributed by atoms with Gasteiger partial charge in [0.25, 0.3) is 5.91 Å². The van der Waals surface area contributed by atoms with E-state index in [2.05, 4.69) is 10.3 Å². The molecule has 0 aliphatic rings. The van der Waals surface area contributed by atoms with Crippen LogP contribution in [0.1, 0.15) is 10.4 Å². The van der Waals surface area contributed by atoms with Gasteiger partial charge in [0.05, 0.1) is 31.6 Å². The number of carbonyl (C=O) groups excluding carboxylic acids is 1. The summed E-state index contributed by atoms with van der Waals surface area (Å²) in [7, 11) is 0. The van der Waals surface area contributed by atoms with E-state index in [1.807, 2.05) is 6.07 Å². The van der Waals surface area contributed by atoms with E-state index in [1.54, 1.807) is 23.7 Å². The summed E-state index contributed by atoms with van der Waals surface area (Å²) in [5.74, 6) is -0.320. The number of anilines is 2. The van der Waals surface area contributed by atoms with E-state index >= 15 is 0 Å². The first-order valence-electron chi connectivity index (χ1n) is 5.94. The Hall–Kier alpha value is -1.82. The molecule has 1 aromatic heterocycles. The van der Waals surface area contributed by atoms with E-state index in [0.717, 1.165) is 4.70 Å². The monoisotopic (exact) mass is 337 g/mol. The summed E-state index contributed by atoms with van der Waals surface area (Å²) in [5, 5.41) is 3.54. The molecule has 1 heterocycles. The fraction of sp³-hybridized carbons (Fsp3) is 0. The lowest BCUT2D eigenvalue weighted by Gasteiger charge is -2.09. The average Bonchev–Trinajstić information content (AvgIpc) is 2.93. The van der Waals surface area contributed by atoms with Crippen LogP contribution in [-0.4, -0.2) is 10.9 Å². The first kappa shape index (κ1) is 14.1. The summed E-state index contributed by atoms with van der Waals surface area (Å²) in [6.07, 6.45) is 0. The number of benzene rings is 2. The minimum atomic E-state index is -0.320. The maximum atomic E-state index is 12.3. The molecule has 1 amide bonds. The number of aromatic nitrogens is 1. The molecule has 7 heteroatoms. The van der Waals surface area contributed by atoms with Crippen molar-refractivity contribution in [3.8, 4) is 0 Å². The van der Waals surface area contributed by atoms with Gasteiger partial charge in [0.1, 0.15) is 5.52 Å². The van der Waals surface area contributed by atoms with Crippen LogP contribution in [0.15, 0.2) is 35.8 Å². The number of amides is 1. The van der Waals surface area contributed by atoms with E-state index in [9.17, 15) is 4.79 Å². The highest BCUT2D eigenvalue weighted by Crippen LogP contribution is 2.32. The molecule has 0 saturated carbocycles. The lowest BCUT2D eigenvalue weighted by molar-refractivity contribution is 0.102. The van der Waals surface area contributed by atoms with Crippen LogP contribution in [0, 0.1) is 0 Å². The normalized spacial score (nSPS) is 10.8. The summed E-state index contributed by atoms with van der Waals surface area (Å²) in [4.78, 5) is 16.5. The fourth-order valence-electron chi connectivity index (χ4n) is 1.88. The van der Waals surface area contributed by atoms with Gasteiger partial charge in [-0.15, -0.1) is 11.3 Å². The molecule has 0 atom stereocenters. The van der Waals surface area contributed by atoms with Crippen molar-refractivity contribution in [2.45, 2.75) is 0 Å². The molecule has 0 radical (unpaired) electrons. The summed E-state index contributed by atoms with van der Waals surface area (Å²) in [6.45, 7) is 0. The summed E-state index contributed by atoms with van der Waals surface area (Å²) in [6, 6.07) is 8.30. The van der Waals surface area contributed by atoms with Gasteiger partial charge >= 0.3 is 0 Å². The Morgan fingerprint density at radius 3 is 2.76 bits per heavy atom. The Kier molecular flexibility index (Phi) is 3.71. The number of fused-ring (bicyclic) bond motifs is 1. The smallest absolute Gasteiger partial charge is 0.255 e. The highest BCUT2D eigenvalue weighted by Gasteiger charge is 2.14. The molecular weight excluding hydrogens is 329 g/mol. The minimum Gasteiger partial charge on any atom is -0.398 e. The molecule has 3 aromatic rings. The summed E-state index contributed by atoms with van der Waals surface area (Å²) < 4.78 is 0.949. The van der Waals surface area contributed by atoms with Crippen LogP contribution in [0.3, 0.4) is 0 Å². The van der Waals surface area contributed by atoms with Crippen molar-refractivity contribution in [3.05, 3.63) is 51.5 Å². The van der Waals surface area contributed by atoms with Crippen LogP contribution in [0.25, 0.3) is 10.2 Å². The number of halogens is 2. The van der Waals surface area contributed by atoms with E-state index in [-0.39, 0.29) is 5.91 Å². The quantitative estimate of drug-likeness (QED) is 0.679. The number of rotatable bonds is 2. The molecular formula is C14H9Cl2N3OS. The molecule has 0 saturated heterocycles. The van der Waals surface area contributed by atoms with Crippen molar-refractivity contribution in [1.29, 1.82) is 0 Å². The maximum absolute atomic E-state index is 12.3. The predicted molar refractivity (Wildman–Crippen MR) is 88.4 cm³/mol. The zero-order valence-corrected chi connectivity index (χ0v) is 12.9. The standard InChI is InChI=1S/C14H9Cl2N3OS/c15-8-2-4-11-13(18-6-21-11)12(8)19-14(20)7-1-3-10(17)9(16)5-7/h1-6H,17H2,(H,19,20). The molecule has 2 aromatic carbocycles. The molecule has 21 heavy (non-hydrogen) atoms. The third-order valence-corrected chi connectivity index (χ3v) is 4.39. The third-order valence-electron chi connectivity index (χ3n) is 2.95. The number of hydrogen-bond acceptors (Lipinski definition) is 4. The number of carbonyl (C=O) groups is 1. The molecule has 0 bridgehead atoms. The van der Waals surface area contributed by atoms with E-state index in [4.69, 9.17) is 28.9 Å². The number of nitrogens with zero attached hydrogens (tertiary/aromatic N) is 1. The molecule has 3 rings (SSSR count). The number of nitrogen functional groups attached to an aromatic ring is 1. The van der Waals surface area contributed by atoms with Crippen molar-refractivity contribution in [1.82, 2.24) is 4.98 Å². The Morgan fingerprint density at radius 2 is 2.00 bits per heavy atom. The number of nitrogens with two attached hydrogens (primary N) is 1. The van der Waals surface area contributed by atoms with Crippen LogP contribution in [0.2, 0.25) is 10.0 Å². The largest absolute Gasteiger partial charge is 0.398 e. The molecule has 0 unspecified atom stereocenters. The van der Waals surface area contributed by atoms with Crippen molar-refractivity contribution in [2.24, 2.45) is 0 Å². The van der Waals surface area contributed by atoms with Crippen LogP contribution < -0.4 is 11.1 Å². The number of thiazole rings is 1. The van der Waals surface area contributed by atoms with Crippen molar-refractivity contribution in [2.75, 3.05) is 11.1 Å².